The average molecular weight is 541 g/mol. The first-order valence-corrected chi connectivity index (χ1v) is 13.9. The van der Waals surface area contributed by atoms with Crippen LogP contribution in [0.5, 0.6) is 0 Å². The fourth-order valence-electron chi connectivity index (χ4n) is 6.27. The van der Waals surface area contributed by atoms with Crippen molar-refractivity contribution in [3.63, 3.8) is 0 Å². The molecule has 3 fully saturated rings. The minimum atomic E-state index is -0.682. The first-order valence-electron chi connectivity index (χ1n) is 13.9. The van der Waals surface area contributed by atoms with Crippen LogP contribution in [0.15, 0.2) is 23.0 Å². The van der Waals surface area contributed by atoms with Crippen LogP contribution in [0.1, 0.15) is 58.9 Å². The molecular weight excluding hydrogens is 500 g/mol. The van der Waals surface area contributed by atoms with E-state index in [-0.39, 0.29) is 24.1 Å². The summed E-state index contributed by atoms with van der Waals surface area (Å²) in [5.74, 6) is -0.717. The van der Waals surface area contributed by atoms with Crippen molar-refractivity contribution in [2.45, 2.75) is 76.6 Å². The van der Waals surface area contributed by atoms with Gasteiger partial charge in [-0.05, 0) is 64.7 Å². The molecule has 212 valence electrons. The quantitative estimate of drug-likeness (QED) is 0.560. The molecule has 0 spiro atoms. The number of imide groups is 1. The third kappa shape index (κ3) is 5.41. The van der Waals surface area contributed by atoms with Gasteiger partial charge in [0.1, 0.15) is 11.6 Å². The predicted molar refractivity (Wildman–Crippen MR) is 148 cm³/mol. The third-order valence-electron chi connectivity index (χ3n) is 8.21. The predicted octanol–water partition coefficient (Wildman–Crippen LogP) is 2.23. The second-order valence-electron chi connectivity index (χ2n) is 12.1. The fraction of sp³-hybridized carbons (Fsp3) is 0.643. The van der Waals surface area contributed by atoms with Crippen LogP contribution >= 0.6 is 0 Å². The Hall–Kier alpha value is -3.34. The summed E-state index contributed by atoms with van der Waals surface area (Å²) in [6.45, 7) is 9.04. The molecule has 3 saturated heterocycles. The molecule has 3 atom stereocenters. The summed E-state index contributed by atoms with van der Waals surface area (Å²) in [6, 6.07) is 6.22. The Kier molecular flexibility index (Phi) is 7.21. The van der Waals surface area contributed by atoms with Crippen molar-refractivity contribution in [1.29, 1.82) is 0 Å². The molecule has 5 rings (SSSR count). The topological polar surface area (TPSA) is 109 Å². The number of piperidine rings is 1. The van der Waals surface area contributed by atoms with E-state index in [0.29, 0.717) is 30.6 Å². The summed E-state index contributed by atoms with van der Waals surface area (Å²) >= 11 is 0. The summed E-state index contributed by atoms with van der Waals surface area (Å²) in [7, 11) is 3.52. The number of hydrogen-bond donors (Lipinski definition) is 1. The zero-order valence-corrected chi connectivity index (χ0v) is 23.6. The first kappa shape index (κ1) is 27.2. The number of carbonyl (C=O) groups excluding carboxylic acids is 3. The molecule has 1 aromatic carbocycles. The average Bonchev–Trinajstić information content (AvgIpc) is 3.24. The van der Waals surface area contributed by atoms with Crippen LogP contribution in [-0.2, 0) is 21.4 Å². The van der Waals surface area contributed by atoms with Crippen molar-refractivity contribution in [1.82, 2.24) is 24.3 Å². The van der Waals surface area contributed by atoms with Gasteiger partial charge in [0.05, 0.1) is 11.0 Å². The van der Waals surface area contributed by atoms with Crippen molar-refractivity contribution in [3.8, 4) is 0 Å². The molecule has 1 N–H and O–H groups in total. The fourth-order valence-corrected chi connectivity index (χ4v) is 6.27. The van der Waals surface area contributed by atoms with Gasteiger partial charge in [-0.15, -0.1) is 0 Å². The lowest BCUT2D eigenvalue weighted by molar-refractivity contribution is -0.135. The van der Waals surface area contributed by atoms with Crippen LogP contribution in [0.2, 0.25) is 0 Å². The molecule has 2 aromatic rings. The van der Waals surface area contributed by atoms with Gasteiger partial charge in [0.2, 0.25) is 11.8 Å². The zero-order chi connectivity index (χ0) is 28.1. The summed E-state index contributed by atoms with van der Waals surface area (Å²) in [5.41, 5.74) is 1.81. The summed E-state index contributed by atoms with van der Waals surface area (Å²) < 4.78 is 8.58. The standard InChI is InChI=1S/C28H40N6O5/c1-28(2,3)39-27(38)30(4)13-6-14-33-19-7-8-20(33)17-32(16-19)18-9-10-21-23(15-18)31(5)26(37)34(21)22-11-12-24(35)29-25(22)36/h9-10,15,19-20,22H,6-8,11-14,16-17H2,1-5H3,(H,29,35,36). The van der Waals surface area contributed by atoms with Crippen LogP contribution in [0.4, 0.5) is 10.5 Å². The lowest BCUT2D eigenvalue weighted by Gasteiger charge is -2.42. The maximum absolute atomic E-state index is 13.1. The maximum atomic E-state index is 13.1. The SMILES string of the molecule is CN(CCCN1C2CCC1CN(c1ccc3c(c1)n(C)c(=O)n3C1CCC(=O)NC1=O)C2)C(=O)OC(C)(C)C. The lowest BCUT2D eigenvalue weighted by Crippen LogP contribution is -2.54. The van der Waals surface area contributed by atoms with Crippen molar-refractivity contribution in [3.05, 3.63) is 28.7 Å². The number of rotatable bonds is 6. The second kappa shape index (κ2) is 10.3. The molecule has 3 amide bonds. The smallest absolute Gasteiger partial charge is 0.410 e. The van der Waals surface area contributed by atoms with Crippen molar-refractivity contribution in [2.75, 3.05) is 38.1 Å². The Bertz CT molecular complexity index is 1330. The molecule has 11 nitrogen and oxygen atoms in total. The van der Waals surface area contributed by atoms with Crippen LogP contribution in [0, 0.1) is 0 Å². The Morgan fingerprint density at radius 1 is 1.08 bits per heavy atom. The molecule has 0 aliphatic carbocycles. The normalized spacial score (nSPS) is 23.8. The van der Waals surface area contributed by atoms with Crippen LogP contribution < -0.4 is 15.9 Å². The molecule has 11 heteroatoms. The monoisotopic (exact) mass is 540 g/mol. The van der Waals surface area contributed by atoms with Gasteiger partial charge >= 0.3 is 11.8 Å². The molecule has 4 heterocycles. The van der Waals surface area contributed by atoms with Gasteiger partial charge in [-0.1, -0.05) is 0 Å². The number of aryl methyl sites for hydroxylation is 1. The molecular formula is C28H40N6O5. The van der Waals surface area contributed by atoms with E-state index in [9.17, 15) is 19.2 Å². The Labute approximate surface area is 228 Å². The molecule has 0 radical (unpaired) electrons. The summed E-state index contributed by atoms with van der Waals surface area (Å²) in [4.78, 5) is 56.1. The van der Waals surface area contributed by atoms with E-state index in [4.69, 9.17) is 4.74 Å². The van der Waals surface area contributed by atoms with Crippen LogP contribution in [0.25, 0.3) is 11.0 Å². The van der Waals surface area contributed by atoms with Gasteiger partial charge in [-0.25, -0.2) is 9.59 Å². The minimum absolute atomic E-state index is 0.224. The van der Waals surface area contributed by atoms with Crippen LogP contribution in [0.3, 0.4) is 0 Å². The summed E-state index contributed by atoms with van der Waals surface area (Å²) in [5, 5.41) is 2.36. The highest BCUT2D eigenvalue weighted by Crippen LogP contribution is 2.34. The van der Waals surface area contributed by atoms with E-state index >= 15 is 0 Å². The zero-order valence-electron chi connectivity index (χ0n) is 23.6. The number of nitrogens with zero attached hydrogens (tertiary/aromatic N) is 5. The molecule has 39 heavy (non-hydrogen) atoms. The highest BCUT2D eigenvalue weighted by Gasteiger charge is 2.40. The van der Waals surface area contributed by atoms with Gasteiger partial charge in [0, 0.05) is 64.5 Å². The largest absolute Gasteiger partial charge is 0.444 e. The number of anilines is 1. The number of ether oxygens (including phenoxy) is 1. The molecule has 0 saturated carbocycles. The number of hydrogen-bond acceptors (Lipinski definition) is 7. The lowest BCUT2D eigenvalue weighted by atomic mass is 10.1. The Morgan fingerprint density at radius 2 is 1.77 bits per heavy atom. The van der Waals surface area contributed by atoms with Crippen molar-refractivity contribution >= 4 is 34.6 Å². The Morgan fingerprint density at radius 3 is 2.41 bits per heavy atom. The maximum Gasteiger partial charge on any atom is 0.410 e. The third-order valence-corrected chi connectivity index (χ3v) is 8.21. The second-order valence-corrected chi connectivity index (χ2v) is 12.1. The number of fused-ring (bicyclic) bond motifs is 3. The molecule has 3 unspecified atom stereocenters. The summed E-state index contributed by atoms with van der Waals surface area (Å²) in [6.07, 6.45) is 3.45. The molecule has 1 aromatic heterocycles. The van der Waals surface area contributed by atoms with E-state index in [1.54, 1.807) is 23.6 Å². The highest BCUT2D eigenvalue weighted by molar-refractivity contribution is 6.00. The molecule has 3 aliphatic heterocycles. The van der Waals surface area contributed by atoms with E-state index in [2.05, 4.69) is 15.1 Å². The number of imidazole rings is 1. The molecule has 2 bridgehead atoms. The number of carbonyl (C=O) groups is 3. The minimum Gasteiger partial charge on any atom is -0.444 e. The van der Waals surface area contributed by atoms with Gasteiger partial charge in [-0.3, -0.25) is 28.9 Å². The van der Waals surface area contributed by atoms with E-state index in [1.807, 2.05) is 39.0 Å². The Balaban J connectivity index is 1.25. The van der Waals surface area contributed by atoms with Gasteiger partial charge in [0.25, 0.3) is 0 Å². The van der Waals surface area contributed by atoms with E-state index < -0.39 is 17.6 Å². The molecule has 3 aliphatic rings. The van der Waals surface area contributed by atoms with E-state index in [1.165, 1.54) is 4.57 Å². The van der Waals surface area contributed by atoms with E-state index in [0.717, 1.165) is 50.1 Å². The number of benzene rings is 1. The van der Waals surface area contributed by atoms with Crippen LogP contribution in [-0.4, -0.2) is 87.8 Å². The number of piperazine rings is 1. The van der Waals surface area contributed by atoms with Crippen molar-refractivity contribution in [2.24, 2.45) is 7.05 Å². The first-order chi connectivity index (χ1) is 18.4. The number of nitrogens with one attached hydrogen (secondary N) is 1. The van der Waals surface area contributed by atoms with Gasteiger partial charge < -0.3 is 14.5 Å². The van der Waals surface area contributed by atoms with Gasteiger partial charge in [0.15, 0.2) is 0 Å². The van der Waals surface area contributed by atoms with Crippen molar-refractivity contribution < 1.29 is 19.1 Å². The van der Waals surface area contributed by atoms with Gasteiger partial charge in [-0.2, -0.15) is 0 Å². The number of amides is 3. The number of aromatic nitrogens is 2. The highest BCUT2D eigenvalue weighted by atomic mass is 16.6.